The van der Waals surface area contributed by atoms with Crippen molar-refractivity contribution >= 4 is 11.7 Å². The number of nitrogens with one attached hydrogen (secondary N) is 1. The molecule has 4 aliphatic rings. The van der Waals surface area contributed by atoms with Crippen LogP contribution >= 0.6 is 0 Å². The summed E-state index contributed by atoms with van der Waals surface area (Å²) < 4.78 is 18.4. The monoisotopic (exact) mass is 492 g/mol. The number of pyridine rings is 1. The van der Waals surface area contributed by atoms with Gasteiger partial charge in [0.15, 0.2) is 0 Å². The van der Waals surface area contributed by atoms with E-state index in [1.54, 1.807) is 0 Å². The zero-order chi connectivity index (χ0) is 25.0. The molecule has 1 aliphatic heterocycles. The predicted molar refractivity (Wildman–Crippen MR) is 140 cm³/mol. The molecule has 3 aliphatic carbocycles. The quantitative estimate of drug-likeness (QED) is 0.561. The smallest absolute Gasteiger partial charge is 0.226 e. The minimum atomic E-state index is -0.208. The lowest BCUT2D eigenvalue weighted by atomic mass is 9.51. The van der Waals surface area contributed by atoms with E-state index in [4.69, 9.17) is 10.5 Å². The lowest BCUT2D eigenvalue weighted by Gasteiger charge is -2.53. The van der Waals surface area contributed by atoms with Gasteiger partial charge in [-0.1, -0.05) is 18.2 Å². The Morgan fingerprint density at radius 3 is 2.36 bits per heavy atom. The lowest BCUT2D eigenvalue weighted by molar-refractivity contribution is -0.138. The van der Waals surface area contributed by atoms with E-state index >= 15 is 0 Å². The van der Waals surface area contributed by atoms with Gasteiger partial charge < -0.3 is 20.7 Å². The van der Waals surface area contributed by atoms with E-state index in [2.05, 4.69) is 33.4 Å². The van der Waals surface area contributed by atoms with Crippen LogP contribution < -0.4 is 20.7 Å². The minimum Gasteiger partial charge on any atom is -0.489 e. The van der Waals surface area contributed by atoms with Crippen molar-refractivity contribution in [1.29, 1.82) is 0 Å². The van der Waals surface area contributed by atoms with Gasteiger partial charge in [0, 0.05) is 42.9 Å². The van der Waals surface area contributed by atoms with Gasteiger partial charge in [0.1, 0.15) is 18.2 Å². The molecule has 4 fully saturated rings. The van der Waals surface area contributed by atoms with Gasteiger partial charge in [0.2, 0.25) is 5.91 Å². The first-order valence-electron chi connectivity index (χ1n) is 13.2. The normalized spacial score (nSPS) is 26.6. The standard InChI is InChI=1S/C29H37FN4O2/c30-19-22(20-31)21-36-25-6-4-23(5-7-25)28-10-13-29(14-11-28,15-12-28)27(35)33-24-8-17-34(18-9-24)26-3-1-2-16-32-26/h1-7,16,19,24H,8-15,17-18,20-21,31H2,(H,33,35)/b22-19+. The Morgan fingerprint density at radius 2 is 1.78 bits per heavy atom. The summed E-state index contributed by atoms with van der Waals surface area (Å²) in [5.41, 5.74) is 7.20. The SMILES string of the molecule is NC/C(=C\F)COc1ccc(C23CCC(C(=O)NC4CCN(c5ccccn5)CC4)(CC2)CC3)cc1. The zero-order valence-electron chi connectivity index (χ0n) is 20.9. The number of hydrogen-bond donors (Lipinski definition) is 2. The van der Waals surface area contributed by atoms with Crippen LogP contribution in [0.4, 0.5) is 10.2 Å². The number of piperidine rings is 1. The molecule has 1 aromatic heterocycles. The number of benzene rings is 1. The second kappa shape index (κ2) is 10.6. The summed E-state index contributed by atoms with van der Waals surface area (Å²) in [6.45, 7) is 2.17. The van der Waals surface area contributed by atoms with E-state index in [9.17, 15) is 9.18 Å². The Bertz CT molecular complexity index is 1040. The van der Waals surface area contributed by atoms with Crippen molar-refractivity contribution in [3.05, 3.63) is 66.1 Å². The lowest BCUT2D eigenvalue weighted by Crippen LogP contribution is -2.55. The Labute approximate surface area is 213 Å². The number of amides is 1. The maximum Gasteiger partial charge on any atom is 0.226 e. The van der Waals surface area contributed by atoms with Crippen molar-refractivity contribution in [3.63, 3.8) is 0 Å². The maximum absolute atomic E-state index is 13.5. The number of fused-ring (bicyclic) bond motifs is 3. The Balaban J connectivity index is 1.14. The van der Waals surface area contributed by atoms with Crippen LogP contribution in [0.25, 0.3) is 0 Å². The number of halogens is 1. The molecule has 0 radical (unpaired) electrons. The number of nitrogens with two attached hydrogens (primary N) is 1. The highest BCUT2D eigenvalue weighted by Crippen LogP contribution is 2.58. The van der Waals surface area contributed by atoms with Gasteiger partial charge >= 0.3 is 0 Å². The maximum atomic E-state index is 13.5. The molecule has 192 valence electrons. The Kier molecular flexibility index (Phi) is 7.28. The number of nitrogens with zero attached hydrogens (tertiary/aromatic N) is 2. The fourth-order valence-electron chi connectivity index (χ4n) is 6.31. The second-order valence-electron chi connectivity index (χ2n) is 10.8. The molecule has 0 unspecified atom stereocenters. The number of carbonyl (C=O) groups excluding carboxylic acids is 1. The molecular formula is C29H37FN4O2. The fourth-order valence-corrected chi connectivity index (χ4v) is 6.31. The summed E-state index contributed by atoms with van der Waals surface area (Å²) in [4.78, 5) is 20.2. The van der Waals surface area contributed by atoms with Gasteiger partial charge in [0.25, 0.3) is 0 Å². The van der Waals surface area contributed by atoms with Gasteiger partial charge in [-0.3, -0.25) is 4.79 Å². The molecule has 2 aromatic rings. The van der Waals surface area contributed by atoms with E-state index in [1.807, 2.05) is 30.5 Å². The summed E-state index contributed by atoms with van der Waals surface area (Å²) in [5, 5.41) is 3.43. The first kappa shape index (κ1) is 24.8. The van der Waals surface area contributed by atoms with E-state index in [0.717, 1.165) is 76.0 Å². The zero-order valence-corrected chi connectivity index (χ0v) is 20.9. The van der Waals surface area contributed by atoms with E-state index in [-0.39, 0.29) is 35.9 Å². The summed E-state index contributed by atoms with van der Waals surface area (Å²) in [7, 11) is 0. The van der Waals surface area contributed by atoms with Gasteiger partial charge in [-0.25, -0.2) is 9.37 Å². The number of aromatic nitrogens is 1. The van der Waals surface area contributed by atoms with Crippen LogP contribution in [0.5, 0.6) is 5.75 Å². The van der Waals surface area contributed by atoms with Gasteiger partial charge in [-0.2, -0.15) is 0 Å². The summed E-state index contributed by atoms with van der Waals surface area (Å²) >= 11 is 0. The molecule has 1 amide bonds. The van der Waals surface area contributed by atoms with Crippen molar-refractivity contribution in [2.24, 2.45) is 11.1 Å². The number of hydrogen-bond acceptors (Lipinski definition) is 5. The van der Waals surface area contributed by atoms with Crippen LogP contribution in [-0.2, 0) is 10.2 Å². The van der Waals surface area contributed by atoms with Gasteiger partial charge in [0.05, 0.1) is 6.33 Å². The first-order chi connectivity index (χ1) is 17.6. The van der Waals surface area contributed by atoms with Crippen LogP contribution in [-0.4, -0.2) is 43.2 Å². The van der Waals surface area contributed by atoms with Crippen LogP contribution in [0.1, 0.15) is 56.9 Å². The van der Waals surface area contributed by atoms with Crippen LogP contribution in [0.2, 0.25) is 0 Å². The molecule has 2 heterocycles. The average molecular weight is 493 g/mol. The largest absolute Gasteiger partial charge is 0.489 e. The van der Waals surface area contributed by atoms with Crippen molar-refractivity contribution in [2.75, 3.05) is 31.1 Å². The molecule has 1 saturated heterocycles. The topological polar surface area (TPSA) is 80.5 Å². The fraction of sp³-hybridized carbons (Fsp3) is 0.517. The minimum absolute atomic E-state index is 0.149. The predicted octanol–water partition coefficient (Wildman–Crippen LogP) is 4.65. The third-order valence-electron chi connectivity index (χ3n) is 8.84. The first-order valence-corrected chi connectivity index (χ1v) is 13.2. The third kappa shape index (κ3) is 4.99. The molecule has 0 atom stereocenters. The van der Waals surface area contributed by atoms with E-state index in [0.29, 0.717) is 11.9 Å². The summed E-state index contributed by atoms with van der Waals surface area (Å²) in [6.07, 6.45) is 10.3. The molecule has 1 aromatic carbocycles. The molecule has 6 nitrogen and oxygen atoms in total. The van der Waals surface area contributed by atoms with Crippen LogP contribution in [0.15, 0.2) is 60.6 Å². The average Bonchev–Trinajstić information content (AvgIpc) is 2.96. The van der Waals surface area contributed by atoms with Crippen molar-refractivity contribution in [2.45, 2.75) is 62.8 Å². The molecule has 3 saturated carbocycles. The third-order valence-corrected chi connectivity index (χ3v) is 8.84. The second-order valence-corrected chi connectivity index (χ2v) is 10.8. The molecule has 3 N–H and O–H groups in total. The number of carbonyl (C=O) groups is 1. The molecular weight excluding hydrogens is 455 g/mol. The Morgan fingerprint density at radius 1 is 1.08 bits per heavy atom. The molecule has 7 heteroatoms. The summed E-state index contributed by atoms with van der Waals surface area (Å²) in [5.74, 6) is 2.01. The molecule has 36 heavy (non-hydrogen) atoms. The van der Waals surface area contributed by atoms with Crippen molar-refractivity contribution in [1.82, 2.24) is 10.3 Å². The van der Waals surface area contributed by atoms with E-state index < -0.39 is 0 Å². The molecule has 6 rings (SSSR count). The highest BCUT2D eigenvalue weighted by Gasteiger charge is 2.53. The Hall–Kier alpha value is -2.93. The summed E-state index contributed by atoms with van der Waals surface area (Å²) in [6, 6.07) is 14.5. The van der Waals surface area contributed by atoms with Crippen molar-refractivity contribution < 1.29 is 13.9 Å². The van der Waals surface area contributed by atoms with Gasteiger partial charge in [-0.15, -0.1) is 0 Å². The van der Waals surface area contributed by atoms with Crippen LogP contribution in [0, 0.1) is 5.41 Å². The number of rotatable bonds is 8. The number of anilines is 1. The van der Waals surface area contributed by atoms with Crippen LogP contribution in [0.3, 0.4) is 0 Å². The van der Waals surface area contributed by atoms with Gasteiger partial charge in [-0.05, 0) is 86.6 Å². The highest BCUT2D eigenvalue weighted by atomic mass is 19.1. The van der Waals surface area contributed by atoms with E-state index in [1.165, 1.54) is 5.56 Å². The number of ether oxygens (including phenoxy) is 1. The van der Waals surface area contributed by atoms with Crippen molar-refractivity contribution in [3.8, 4) is 5.75 Å². The highest BCUT2D eigenvalue weighted by molar-refractivity contribution is 5.83. The molecule has 0 spiro atoms. The molecule has 2 bridgehead atoms.